The molecule has 1 atom stereocenters. The Hall–Kier alpha value is -1.66. The lowest BCUT2D eigenvalue weighted by Crippen LogP contribution is -2.27. The van der Waals surface area contributed by atoms with Crippen LogP contribution in [0.4, 0.5) is 5.69 Å². The number of hydrogen-bond donors (Lipinski definition) is 2. The average Bonchev–Trinajstić information content (AvgIpc) is 3.37. The van der Waals surface area contributed by atoms with Crippen LogP contribution < -0.4 is 10.1 Å². The third-order valence-electron chi connectivity index (χ3n) is 5.08. The topological polar surface area (TPSA) is 58.6 Å². The quantitative estimate of drug-likeness (QED) is 0.673. The Bertz CT molecular complexity index is 796. The Balaban J connectivity index is 0.00000109. The first-order valence-corrected chi connectivity index (χ1v) is 11.5. The number of aromatic nitrogens is 1. The summed E-state index contributed by atoms with van der Waals surface area (Å²) in [6.45, 7) is 7.88. The van der Waals surface area contributed by atoms with Crippen LogP contribution in [0.15, 0.2) is 23.2 Å². The summed E-state index contributed by atoms with van der Waals surface area (Å²) in [6, 6.07) is 7.28. The van der Waals surface area contributed by atoms with Gasteiger partial charge < -0.3 is 19.8 Å². The highest BCUT2D eigenvalue weighted by molar-refractivity contribution is 8.14. The average molecular weight is 404 g/mol. The molecule has 6 heteroatoms. The van der Waals surface area contributed by atoms with Crippen LogP contribution >= 0.6 is 11.8 Å². The van der Waals surface area contributed by atoms with Crippen molar-refractivity contribution in [1.82, 2.24) is 4.98 Å². The van der Waals surface area contributed by atoms with Gasteiger partial charge in [0.2, 0.25) is 0 Å². The lowest BCUT2D eigenvalue weighted by Gasteiger charge is -2.24. The van der Waals surface area contributed by atoms with Crippen molar-refractivity contribution in [3.05, 3.63) is 23.9 Å². The molecule has 2 aromatic rings. The van der Waals surface area contributed by atoms with Crippen molar-refractivity contribution < 1.29 is 9.47 Å². The minimum absolute atomic E-state index is 0.443. The number of fused-ring (bicyclic) bond motifs is 1. The van der Waals surface area contributed by atoms with Gasteiger partial charge in [-0.1, -0.05) is 27.2 Å². The normalized spacial score (nSPS) is 19.9. The van der Waals surface area contributed by atoms with Crippen LogP contribution in [0.5, 0.6) is 5.75 Å². The molecule has 3 heterocycles. The Labute approximate surface area is 172 Å². The lowest BCUT2D eigenvalue weighted by atomic mass is 10.1. The Morgan fingerprint density at radius 1 is 1.25 bits per heavy atom. The van der Waals surface area contributed by atoms with E-state index in [2.05, 4.69) is 35.4 Å². The van der Waals surface area contributed by atoms with Gasteiger partial charge in [-0.3, -0.25) is 4.99 Å². The SMILES string of the molecule is CC.CCCC1CSC(c2cc3cc(OC)cc(NC4CCOCC4)c3[nH]2)=N1. The molecule has 2 N–H and O–H groups in total. The second kappa shape index (κ2) is 10.2. The van der Waals surface area contributed by atoms with Gasteiger partial charge >= 0.3 is 0 Å². The number of anilines is 1. The molecule has 0 saturated carbocycles. The maximum Gasteiger partial charge on any atom is 0.121 e. The van der Waals surface area contributed by atoms with E-state index in [0.29, 0.717) is 12.1 Å². The van der Waals surface area contributed by atoms with Gasteiger partial charge in [0.1, 0.15) is 10.8 Å². The highest BCUT2D eigenvalue weighted by atomic mass is 32.2. The number of aliphatic imine (C=N–C) groups is 1. The van der Waals surface area contributed by atoms with Crippen LogP contribution in [0, 0.1) is 0 Å². The van der Waals surface area contributed by atoms with Crippen LogP contribution in [0.1, 0.15) is 52.1 Å². The van der Waals surface area contributed by atoms with Gasteiger partial charge in [-0.05, 0) is 31.4 Å². The van der Waals surface area contributed by atoms with E-state index in [1.54, 1.807) is 7.11 Å². The first kappa shape index (κ1) is 21.1. The third-order valence-corrected chi connectivity index (χ3v) is 6.23. The summed E-state index contributed by atoms with van der Waals surface area (Å²) in [5.41, 5.74) is 3.35. The maximum absolute atomic E-state index is 5.52. The van der Waals surface area contributed by atoms with E-state index in [-0.39, 0.29) is 0 Å². The maximum atomic E-state index is 5.52. The number of aromatic amines is 1. The molecular weight excluding hydrogens is 370 g/mol. The number of benzene rings is 1. The third kappa shape index (κ3) is 4.84. The van der Waals surface area contributed by atoms with Gasteiger partial charge in [-0.15, -0.1) is 11.8 Å². The van der Waals surface area contributed by atoms with Crippen molar-refractivity contribution >= 4 is 33.4 Å². The predicted octanol–water partition coefficient (Wildman–Crippen LogP) is 5.46. The van der Waals surface area contributed by atoms with Crippen molar-refractivity contribution in [3.8, 4) is 5.75 Å². The van der Waals surface area contributed by atoms with Crippen LogP contribution in [-0.2, 0) is 4.74 Å². The second-order valence-electron chi connectivity index (χ2n) is 7.04. The van der Waals surface area contributed by atoms with E-state index < -0.39 is 0 Å². The fraction of sp³-hybridized carbons (Fsp3) is 0.591. The van der Waals surface area contributed by atoms with E-state index in [1.165, 1.54) is 12.8 Å². The van der Waals surface area contributed by atoms with Gasteiger partial charge in [-0.2, -0.15) is 0 Å². The van der Waals surface area contributed by atoms with E-state index >= 15 is 0 Å². The highest BCUT2D eigenvalue weighted by Crippen LogP contribution is 2.33. The number of methoxy groups -OCH3 is 1. The number of H-pyrrole nitrogens is 1. The molecule has 1 aromatic carbocycles. The molecule has 0 radical (unpaired) electrons. The van der Waals surface area contributed by atoms with Crippen LogP contribution in [-0.4, -0.2) is 48.2 Å². The lowest BCUT2D eigenvalue weighted by molar-refractivity contribution is 0.0905. The van der Waals surface area contributed by atoms with Crippen LogP contribution in [0.25, 0.3) is 10.9 Å². The first-order chi connectivity index (χ1) is 13.8. The van der Waals surface area contributed by atoms with E-state index in [0.717, 1.165) is 64.9 Å². The van der Waals surface area contributed by atoms with Crippen molar-refractivity contribution in [2.45, 2.75) is 58.5 Å². The molecule has 0 amide bonds. The molecule has 0 bridgehead atoms. The summed E-state index contributed by atoms with van der Waals surface area (Å²) < 4.78 is 11.0. The molecule has 1 fully saturated rings. The molecule has 1 saturated heterocycles. The van der Waals surface area contributed by atoms with E-state index in [9.17, 15) is 0 Å². The van der Waals surface area contributed by atoms with Gasteiger partial charge in [0, 0.05) is 36.5 Å². The van der Waals surface area contributed by atoms with E-state index in [4.69, 9.17) is 14.5 Å². The summed E-state index contributed by atoms with van der Waals surface area (Å²) in [7, 11) is 1.72. The first-order valence-electron chi connectivity index (χ1n) is 10.5. The zero-order valence-corrected chi connectivity index (χ0v) is 18.3. The Kier molecular flexibility index (Phi) is 7.68. The van der Waals surface area contributed by atoms with E-state index in [1.807, 2.05) is 25.6 Å². The number of nitrogens with one attached hydrogen (secondary N) is 2. The molecule has 4 rings (SSSR count). The number of rotatable bonds is 6. The molecule has 5 nitrogen and oxygen atoms in total. The molecule has 1 aromatic heterocycles. The number of ether oxygens (including phenoxy) is 2. The molecular formula is C22H33N3O2S. The van der Waals surface area contributed by atoms with Crippen molar-refractivity contribution in [1.29, 1.82) is 0 Å². The zero-order chi connectivity index (χ0) is 19.9. The second-order valence-corrected chi connectivity index (χ2v) is 8.05. The molecule has 0 spiro atoms. The summed E-state index contributed by atoms with van der Waals surface area (Å²) >= 11 is 1.86. The smallest absolute Gasteiger partial charge is 0.121 e. The van der Waals surface area contributed by atoms with Gasteiger partial charge in [0.05, 0.1) is 30.0 Å². The molecule has 28 heavy (non-hydrogen) atoms. The van der Waals surface area contributed by atoms with Crippen LogP contribution in [0.2, 0.25) is 0 Å². The van der Waals surface area contributed by atoms with Crippen LogP contribution in [0.3, 0.4) is 0 Å². The number of nitrogens with zero attached hydrogens (tertiary/aromatic N) is 1. The summed E-state index contributed by atoms with van der Waals surface area (Å²) in [5.74, 6) is 1.97. The summed E-state index contributed by atoms with van der Waals surface area (Å²) in [6.07, 6.45) is 4.42. The largest absolute Gasteiger partial charge is 0.497 e. The molecule has 154 valence electrons. The molecule has 1 unspecified atom stereocenters. The zero-order valence-electron chi connectivity index (χ0n) is 17.5. The fourth-order valence-corrected chi connectivity index (χ4v) is 4.75. The van der Waals surface area contributed by atoms with Crippen molar-refractivity contribution in [3.63, 3.8) is 0 Å². The number of thioether (sulfide) groups is 1. The molecule has 2 aliphatic heterocycles. The standard InChI is InChI=1S/C20H27N3O2S.C2H6/c1-3-4-15-12-26-20(22-15)18-10-13-9-16(24-2)11-17(19(13)23-18)21-14-5-7-25-8-6-14;1-2/h9-11,14-15,21,23H,3-8,12H2,1-2H3;1-2H3. The Morgan fingerprint density at radius 3 is 2.75 bits per heavy atom. The highest BCUT2D eigenvalue weighted by Gasteiger charge is 2.21. The van der Waals surface area contributed by atoms with Crippen molar-refractivity contribution in [2.75, 3.05) is 31.4 Å². The monoisotopic (exact) mass is 403 g/mol. The summed E-state index contributed by atoms with van der Waals surface area (Å²) in [5, 5.41) is 5.99. The Morgan fingerprint density at radius 2 is 2.04 bits per heavy atom. The van der Waals surface area contributed by atoms with Gasteiger partial charge in [-0.25, -0.2) is 0 Å². The molecule has 2 aliphatic rings. The van der Waals surface area contributed by atoms with Gasteiger partial charge in [0.15, 0.2) is 0 Å². The van der Waals surface area contributed by atoms with Gasteiger partial charge in [0.25, 0.3) is 0 Å². The summed E-state index contributed by atoms with van der Waals surface area (Å²) in [4.78, 5) is 8.52. The minimum atomic E-state index is 0.443. The number of hydrogen-bond acceptors (Lipinski definition) is 5. The predicted molar refractivity (Wildman–Crippen MR) is 121 cm³/mol. The molecule has 0 aliphatic carbocycles. The van der Waals surface area contributed by atoms with Crippen molar-refractivity contribution in [2.24, 2.45) is 4.99 Å². The minimum Gasteiger partial charge on any atom is -0.497 e. The fourth-order valence-electron chi connectivity index (χ4n) is 3.67.